The highest BCUT2D eigenvalue weighted by atomic mass is 32.1. The third kappa shape index (κ3) is 41.2. The number of unbranched alkanes of at least 4 members (excludes halogenated alkanes) is 11. The van der Waals surface area contributed by atoms with Gasteiger partial charge >= 0.3 is 0 Å². The van der Waals surface area contributed by atoms with Crippen molar-refractivity contribution in [1.82, 2.24) is 42.5 Å². The number of carbonyl (C=O) groups is 8. The number of nitrogens with two attached hydrogens (primary N) is 2. The van der Waals surface area contributed by atoms with E-state index in [0.717, 1.165) is 70.6 Å². The first kappa shape index (κ1) is 76.5. The molecule has 1 saturated heterocycles. The molecule has 0 bridgehead atoms. The van der Waals surface area contributed by atoms with Crippen LogP contribution >= 0.6 is 12.6 Å². The van der Waals surface area contributed by atoms with E-state index in [0.29, 0.717) is 90.8 Å². The number of aliphatic hydroxyl groups is 3. The zero-order chi connectivity index (χ0) is 61.2. The summed E-state index contributed by atoms with van der Waals surface area (Å²) in [5.41, 5.74) is 9.86. The van der Waals surface area contributed by atoms with Crippen molar-refractivity contribution in [3.05, 3.63) is 11.5 Å². The average molecular weight is 1210 g/mol. The van der Waals surface area contributed by atoms with Crippen LogP contribution in [0.1, 0.15) is 155 Å². The molecule has 8 amide bonds. The van der Waals surface area contributed by atoms with Gasteiger partial charge in [-0.2, -0.15) is 12.6 Å². The first-order chi connectivity index (χ1) is 40.1. The lowest BCUT2D eigenvalue weighted by molar-refractivity contribution is -0.270. The zero-order valence-electron chi connectivity index (χ0n) is 49.4. The number of thiol groups is 1. The van der Waals surface area contributed by atoms with Crippen molar-refractivity contribution in [2.75, 3.05) is 105 Å². The van der Waals surface area contributed by atoms with Gasteiger partial charge in [-0.25, -0.2) is 0 Å². The topological polar surface area (TPSA) is 392 Å². The molecule has 15 N–H and O–H groups in total. The van der Waals surface area contributed by atoms with E-state index < -0.39 is 48.7 Å². The van der Waals surface area contributed by atoms with E-state index in [4.69, 9.17) is 35.2 Å². The van der Waals surface area contributed by atoms with Crippen LogP contribution < -0.4 is 54.0 Å². The summed E-state index contributed by atoms with van der Waals surface area (Å²) < 4.78 is 29.3. The SMILES string of the molecule is CC(=O)NC1C(O)[C@@H](O)C(CO)O[C@H]1OCCCCC(=O)NCCCNC(=O)CCOCC(COCCC(=O)NCCCN)(COCCC(=O)NCCCN)NC(=O)CCCCCCCCCCC(=O)NCCCCCCNC(=O)/C=C/S. The lowest BCUT2D eigenvalue weighted by Crippen LogP contribution is -2.64. The Balaban J connectivity index is 2.63. The van der Waals surface area contributed by atoms with Gasteiger partial charge in [-0.05, 0) is 76.3 Å². The van der Waals surface area contributed by atoms with Gasteiger partial charge in [0.2, 0.25) is 47.3 Å². The van der Waals surface area contributed by atoms with Crippen molar-refractivity contribution in [2.24, 2.45) is 11.5 Å². The molecule has 0 spiro atoms. The smallest absolute Gasteiger partial charge is 0.244 e. The first-order valence-electron chi connectivity index (χ1n) is 30.0. The van der Waals surface area contributed by atoms with Crippen molar-refractivity contribution < 1.29 is 77.4 Å². The molecule has 480 valence electrons. The summed E-state index contributed by atoms with van der Waals surface area (Å²) in [4.78, 5) is 99.1. The number of rotatable bonds is 53. The highest BCUT2D eigenvalue weighted by Crippen LogP contribution is 2.23. The Hall–Kier alpha value is -4.55. The van der Waals surface area contributed by atoms with E-state index in [-0.39, 0.29) is 126 Å². The fraction of sp³-hybridized carbons (Fsp3) is 0.821. The van der Waals surface area contributed by atoms with Crippen LogP contribution in [0.3, 0.4) is 0 Å². The summed E-state index contributed by atoms with van der Waals surface area (Å²) in [6, 6.07) is -1.05. The molecule has 5 atom stereocenters. The predicted octanol–water partition coefficient (Wildman–Crippen LogP) is -0.118. The quantitative estimate of drug-likeness (QED) is 0.0214. The molecule has 83 heavy (non-hydrogen) atoms. The summed E-state index contributed by atoms with van der Waals surface area (Å²) in [6.07, 6.45) is 10.9. The standard InChI is InChI=1S/C56H104N10O16S/c1-43(68)65-52-54(77)53(76)44(39-67)82-55(52)81-34-15-12-20-46(70)63-32-18-33-64-49(73)24-37-80-42-56(40-78-35-22-47(71)61-30-16-26-57,41-79-36-23-48(72)62-31-17-27-58)66-51(75)21-11-7-5-3-2-4-6-10-19-45(69)59-28-13-8-9-14-29-60-50(74)25-38-83/h25,38,44,52-55,67,76-77,83H,2-24,26-37,39-42,57-58H2,1H3,(H,59,69)(H,60,74)(H,61,71)(H,62,72)(H,63,70)(H,64,73)(H,65,68)(H,66,75)/b38-25+/t44?,52?,53-,54?,55+/m0/s1. The normalized spacial score (nSPS) is 16.9. The number of ether oxygens (including phenoxy) is 5. The summed E-state index contributed by atoms with van der Waals surface area (Å²) >= 11 is 3.88. The number of amides is 8. The fourth-order valence-corrected chi connectivity index (χ4v) is 8.67. The van der Waals surface area contributed by atoms with Crippen molar-refractivity contribution in [1.29, 1.82) is 0 Å². The van der Waals surface area contributed by atoms with Crippen LogP contribution in [0.5, 0.6) is 0 Å². The molecule has 0 aromatic carbocycles. The molecule has 0 aromatic rings. The Bertz CT molecular complexity index is 1800. The van der Waals surface area contributed by atoms with Crippen LogP contribution in [-0.4, -0.2) is 204 Å². The van der Waals surface area contributed by atoms with E-state index in [1.807, 2.05) is 0 Å². The average Bonchev–Trinajstić information content (AvgIpc) is 3.62. The predicted molar refractivity (Wildman–Crippen MR) is 315 cm³/mol. The van der Waals surface area contributed by atoms with Gasteiger partial charge in [0, 0.05) is 97.4 Å². The van der Waals surface area contributed by atoms with Gasteiger partial charge in [-0.3, -0.25) is 38.4 Å². The molecule has 1 heterocycles. The molecule has 27 heteroatoms. The van der Waals surface area contributed by atoms with E-state index >= 15 is 0 Å². The minimum Gasteiger partial charge on any atom is -0.394 e. The number of nitrogens with one attached hydrogen (secondary N) is 8. The Kier molecular flexibility index (Phi) is 46.7. The van der Waals surface area contributed by atoms with E-state index in [9.17, 15) is 53.7 Å². The Labute approximate surface area is 497 Å². The Morgan fingerprint density at radius 3 is 1.35 bits per heavy atom. The first-order valence-corrected chi connectivity index (χ1v) is 30.5. The molecule has 1 aliphatic rings. The molecule has 0 aliphatic carbocycles. The van der Waals surface area contributed by atoms with Gasteiger partial charge < -0.3 is 93.0 Å². The van der Waals surface area contributed by atoms with Crippen molar-refractivity contribution in [3.8, 4) is 0 Å². The van der Waals surface area contributed by atoms with Gasteiger partial charge in [0.25, 0.3) is 0 Å². The van der Waals surface area contributed by atoms with E-state index in [1.165, 1.54) is 18.4 Å². The highest BCUT2D eigenvalue weighted by molar-refractivity contribution is 7.83. The molecule has 1 rings (SSSR count). The summed E-state index contributed by atoms with van der Waals surface area (Å²) in [5.74, 6) is -1.74. The van der Waals surface area contributed by atoms with Gasteiger partial charge in [-0.1, -0.05) is 51.4 Å². The maximum Gasteiger partial charge on any atom is 0.244 e. The van der Waals surface area contributed by atoms with E-state index in [2.05, 4.69) is 55.2 Å². The number of aliphatic hydroxyl groups excluding tert-OH is 3. The minimum absolute atomic E-state index is 0.0128. The van der Waals surface area contributed by atoms with Gasteiger partial charge in [0.05, 0.1) is 46.2 Å². The summed E-state index contributed by atoms with van der Waals surface area (Å²) in [6.45, 7) is 4.15. The second-order valence-corrected chi connectivity index (χ2v) is 21.0. The Morgan fingerprint density at radius 2 is 0.904 bits per heavy atom. The second kappa shape index (κ2) is 50.7. The lowest BCUT2D eigenvalue weighted by atomic mass is 9.97. The number of hydrogen-bond acceptors (Lipinski definition) is 19. The van der Waals surface area contributed by atoms with Crippen molar-refractivity contribution >= 4 is 59.9 Å². The molecule has 1 aliphatic heterocycles. The van der Waals surface area contributed by atoms with Crippen LogP contribution in [0.4, 0.5) is 0 Å². The molecule has 0 aromatic heterocycles. The van der Waals surface area contributed by atoms with Crippen molar-refractivity contribution in [3.63, 3.8) is 0 Å². The number of carbonyl (C=O) groups excluding carboxylic acids is 8. The van der Waals surface area contributed by atoms with Crippen LogP contribution in [0.15, 0.2) is 11.5 Å². The minimum atomic E-state index is -1.42. The molecule has 3 unspecified atom stereocenters. The molecule has 1 fully saturated rings. The Morgan fingerprint density at radius 1 is 0.506 bits per heavy atom. The largest absolute Gasteiger partial charge is 0.394 e. The third-order valence-electron chi connectivity index (χ3n) is 13.2. The maximum absolute atomic E-state index is 13.6. The van der Waals surface area contributed by atoms with Crippen molar-refractivity contribution in [2.45, 2.75) is 191 Å². The van der Waals surface area contributed by atoms with Crippen LogP contribution in [0, 0.1) is 0 Å². The molecule has 26 nitrogen and oxygen atoms in total. The molecular formula is C56H104N10O16S. The van der Waals surface area contributed by atoms with Crippen LogP contribution in [0.25, 0.3) is 0 Å². The van der Waals surface area contributed by atoms with Crippen LogP contribution in [0.2, 0.25) is 0 Å². The van der Waals surface area contributed by atoms with E-state index in [1.54, 1.807) is 0 Å². The second-order valence-electron chi connectivity index (χ2n) is 20.7. The monoisotopic (exact) mass is 1200 g/mol. The summed E-state index contributed by atoms with van der Waals surface area (Å²) in [7, 11) is 0. The van der Waals surface area contributed by atoms with Gasteiger partial charge in [0.1, 0.15) is 29.9 Å². The molecule has 0 radical (unpaired) electrons. The lowest BCUT2D eigenvalue weighted by Gasteiger charge is -2.42. The number of hydrogen-bond donors (Lipinski definition) is 14. The van der Waals surface area contributed by atoms with Gasteiger partial charge in [-0.15, -0.1) is 0 Å². The highest BCUT2D eigenvalue weighted by Gasteiger charge is 2.45. The molecular weight excluding hydrogens is 1100 g/mol. The zero-order valence-corrected chi connectivity index (χ0v) is 50.3. The van der Waals surface area contributed by atoms with Crippen LogP contribution in [-0.2, 0) is 62.0 Å². The summed E-state index contributed by atoms with van der Waals surface area (Å²) in [5, 5.41) is 54.1. The third-order valence-corrected chi connectivity index (χ3v) is 13.4. The molecule has 0 saturated carbocycles. The van der Waals surface area contributed by atoms with Gasteiger partial charge in [0.15, 0.2) is 6.29 Å². The maximum atomic E-state index is 13.6. The fourth-order valence-electron chi connectivity index (χ4n) is 8.54.